The summed E-state index contributed by atoms with van der Waals surface area (Å²) >= 11 is 0. The van der Waals surface area contributed by atoms with Crippen LogP contribution in [0, 0.1) is 0 Å². The molecule has 2 heterocycles. The van der Waals surface area contributed by atoms with Crippen molar-refractivity contribution in [3.05, 3.63) is 96.1 Å². The third kappa shape index (κ3) is 2.87. The Morgan fingerprint density at radius 3 is 2.33 bits per heavy atom. The molecule has 1 aromatic carbocycles. The molecule has 3 heteroatoms. The summed E-state index contributed by atoms with van der Waals surface area (Å²) in [6, 6.07) is 18.9. The number of benzene rings is 1. The summed E-state index contributed by atoms with van der Waals surface area (Å²) in [6.45, 7) is 0. The smallest absolute Gasteiger partial charge is 0.177 e. The van der Waals surface area contributed by atoms with Gasteiger partial charge in [-0.25, -0.2) is 0 Å². The Bertz CT molecular complexity index is 672. The number of carbonyl (C=O) groups excluding carboxylic acids is 1. The summed E-state index contributed by atoms with van der Waals surface area (Å²) < 4.78 is 0. The number of hydrogen-bond acceptors (Lipinski definition) is 3. The number of rotatable bonds is 4. The molecule has 0 amide bonds. The zero-order valence-corrected chi connectivity index (χ0v) is 11.4. The first-order chi connectivity index (χ1) is 10.4. The maximum Gasteiger partial charge on any atom is 0.177 e. The van der Waals surface area contributed by atoms with Crippen LogP contribution in [0.5, 0.6) is 0 Å². The Labute approximate surface area is 123 Å². The summed E-state index contributed by atoms with van der Waals surface area (Å²) in [4.78, 5) is 21.3. The van der Waals surface area contributed by atoms with Crippen LogP contribution < -0.4 is 0 Å². The molecule has 0 aliphatic heterocycles. The number of aromatic nitrogens is 2. The Kier molecular flexibility index (Phi) is 3.83. The van der Waals surface area contributed by atoms with Crippen LogP contribution in [0.4, 0.5) is 0 Å². The normalized spacial score (nSPS) is 11.8. The highest BCUT2D eigenvalue weighted by Crippen LogP contribution is 2.26. The number of Topliss-reactive ketones (excluding diaryl/α,β-unsaturated/α-hetero) is 1. The van der Waals surface area contributed by atoms with E-state index in [2.05, 4.69) is 9.97 Å². The highest BCUT2D eigenvalue weighted by molar-refractivity contribution is 6.02. The Morgan fingerprint density at radius 2 is 1.67 bits per heavy atom. The summed E-state index contributed by atoms with van der Waals surface area (Å²) in [7, 11) is 0. The topological polar surface area (TPSA) is 42.9 Å². The van der Waals surface area contributed by atoms with Crippen LogP contribution in [0.2, 0.25) is 0 Å². The van der Waals surface area contributed by atoms with Crippen molar-refractivity contribution >= 4 is 5.78 Å². The number of nitrogens with zero attached hydrogens (tertiary/aromatic N) is 2. The predicted molar refractivity (Wildman–Crippen MR) is 81.1 cm³/mol. The van der Waals surface area contributed by atoms with Gasteiger partial charge in [0, 0.05) is 24.2 Å². The molecule has 0 aliphatic carbocycles. The van der Waals surface area contributed by atoms with Gasteiger partial charge in [-0.15, -0.1) is 0 Å². The van der Waals surface area contributed by atoms with Gasteiger partial charge in [-0.05, 0) is 29.8 Å². The molecule has 2 aromatic heterocycles. The SMILES string of the molecule is O=C(c1cccnc1)[C@@H](c1ccccc1)c1ccccn1. The molecule has 0 saturated carbocycles. The molecule has 3 nitrogen and oxygen atoms in total. The molecule has 102 valence electrons. The molecule has 0 aliphatic rings. The Balaban J connectivity index is 2.07. The van der Waals surface area contributed by atoms with Crippen LogP contribution in [0.3, 0.4) is 0 Å². The lowest BCUT2D eigenvalue weighted by molar-refractivity contribution is 0.0972. The van der Waals surface area contributed by atoms with Crippen molar-refractivity contribution in [2.24, 2.45) is 0 Å². The Hall–Kier alpha value is -2.81. The van der Waals surface area contributed by atoms with Gasteiger partial charge in [0.05, 0.1) is 11.6 Å². The molecule has 0 spiro atoms. The average molecular weight is 274 g/mol. The number of carbonyl (C=O) groups is 1. The summed E-state index contributed by atoms with van der Waals surface area (Å²) in [5, 5.41) is 0. The predicted octanol–water partition coefficient (Wildman–Crippen LogP) is 3.49. The number of pyridine rings is 2. The second kappa shape index (κ2) is 6.09. The van der Waals surface area contributed by atoms with Crippen molar-refractivity contribution in [1.82, 2.24) is 9.97 Å². The van der Waals surface area contributed by atoms with E-state index in [9.17, 15) is 4.79 Å². The second-order valence-electron chi connectivity index (χ2n) is 4.70. The average Bonchev–Trinajstić information content (AvgIpc) is 2.58. The standard InChI is InChI=1S/C18H14N2O/c21-18(15-9-6-11-19-13-15)17(14-7-2-1-3-8-14)16-10-4-5-12-20-16/h1-13,17H/t17-/m0/s1. The van der Waals surface area contributed by atoms with E-state index < -0.39 is 5.92 Å². The molecule has 3 aromatic rings. The fourth-order valence-corrected chi connectivity index (χ4v) is 2.32. The van der Waals surface area contributed by atoms with Crippen LogP contribution in [0.15, 0.2) is 79.3 Å². The van der Waals surface area contributed by atoms with Crippen molar-refractivity contribution in [3.63, 3.8) is 0 Å². The van der Waals surface area contributed by atoms with Gasteiger partial charge in [0.1, 0.15) is 0 Å². The van der Waals surface area contributed by atoms with Crippen molar-refractivity contribution in [2.45, 2.75) is 5.92 Å². The second-order valence-corrected chi connectivity index (χ2v) is 4.70. The van der Waals surface area contributed by atoms with Gasteiger partial charge in [-0.1, -0.05) is 36.4 Å². The largest absolute Gasteiger partial charge is 0.293 e. The van der Waals surface area contributed by atoms with E-state index in [1.165, 1.54) is 0 Å². The lowest BCUT2D eigenvalue weighted by Gasteiger charge is -2.15. The molecule has 0 bridgehead atoms. The maximum atomic E-state index is 12.9. The minimum Gasteiger partial charge on any atom is -0.293 e. The molecule has 0 unspecified atom stereocenters. The van der Waals surface area contributed by atoms with E-state index in [-0.39, 0.29) is 5.78 Å². The third-order valence-corrected chi connectivity index (χ3v) is 3.32. The van der Waals surface area contributed by atoms with Gasteiger partial charge in [0.15, 0.2) is 5.78 Å². The molecule has 1 atom stereocenters. The fourth-order valence-electron chi connectivity index (χ4n) is 2.32. The molecule has 21 heavy (non-hydrogen) atoms. The summed E-state index contributed by atoms with van der Waals surface area (Å²) in [5.74, 6) is -0.399. The van der Waals surface area contributed by atoms with Crippen LogP contribution in [-0.2, 0) is 0 Å². The van der Waals surface area contributed by atoms with E-state index in [1.54, 1.807) is 30.7 Å². The number of hydrogen-bond donors (Lipinski definition) is 0. The highest BCUT2D eigenvalue weighted by atomic mass is 16.1. The van der Waals surface area contributed by atoms with Crippen molar-refractivity contribution in [2.75, 3.05) is 0 Å². The first kappa shape index (κ1) is 13.2. The van der Waals surface area contributed by atoms with E-state index >= 15 is 0 Å². The van der Waals surface area contributed by atoms with E-state index in [0.29, 0.717) is 5.56 Å². The zero-order chi connectivity index (χ0) is 14.5. The molecule has 0 fully saturated rings. The van der Waals surface area contributed by atoms with Crippen molar-refractivity contribution < 1.29 is 4.79 Å². The Morgan fingerprint density at radius 1 is 0.857 bits per heavy atom. The van der Waals surface area contributed by atoms with Crippen molar-refractivity contribution in [3.8, 4) is 0 Å². The minimum absolute atomic E-state index is 0.00741. The molecule has 0 saturated heterocycles. The minimum atomic E-state index is -0.406. The van der Waals surface area contributed by atoms with Gasteiger partial charge >= 0.3 is 0 Å². The lowest BCUT2D eigenvalue weighted by atomic mass is 9.88. The lowest BCUT2D eigenvalue weighted by Crippen LogP contribution is -2.15. The van der Waals surface area contributed by atoms with Crippen molar-refractivity contribution in [1.29, 1.82) is 0 Å². The summed E-state index contributed by atoms with van der Waals surface area (Å²) in [5.41, 5.74) is 2.28. The van der Waals surface area contributed by atoms with Gasteiger partial charge < -0.3 is 0 Å². The van der Waals surface area contributed by atoms with Gasteiger partial charge in [0.25, 0.3) is 0 Å². The fraction of sp³-hybridized carbons (Fsp3) is 0.0556. The van der Waals surface area contributed by atoms with Gasteiger partial charge in [0.2, 0.25) is 0 Å². The first-order valence-electron chi connectivity index (χ1n) is 6.76. The third-order valence-electron chi connectivity index (χ3n) is 3.32. The quantitative estimate of drug-likeness (QED) is 0.684. The van der Waals surface area contributed by atoms with Gasteiger partial charge in [-0.3, -0.25) is 14.8 Å². The molecular weight excluding hydrogens is 260 g/mol. The molecule has 3 rings (SSSR count). The molecular formula is C18H14N2O. The molecule has 0 N–H and O–H groups in total. The zero-order valence-electron chi connectivity index (χ0n) is 11.4. The van der Waals surface area contributed by atoms with Crippen LogP contribution >= 0.6 is 0 Å². The van der Waals surface area contributed by atoms with E-state index in [1.807, 2.05) is 48.5 Å². The van der Waals surface area contributed by atoms with E-state index in [0.717, 1.165) is 11.3 Å². The maximum absolute atomic E-state index is 12.9. The summed E-state index contributed by atoms with van der Waals surface area (Å²) in [6.07, 6.45) is 4.97. The number of ketones is 1. The van der Waals surface area contributed by atoms with Crippen LogP contribution in [-0.4, -0.2) is 15.8 Å². The van der Waals surface area contributed by atoms with E-state index in [4.69, 9.17) is 0 Å². The van der Waals surface area contributed by atoms with Gasteiger partial charge in [-0.2, -0.15) is 0 Å². The molecule has 0 radical (unpaired) electrons. The van der Waals surface area contributed by atoms with Crippen LogP contribution in [0.25, 0.3) is 0 Å². The first-order valence-corrected chi connectivity index (χ1v) is 6.76. The monoisotopic (exact) mass is 274 g/mol. The van der Waals surface area contributed by atoms with Crippen LogP contribution in [0.1, 0.15) is 27.5 Å². The highest BCUT2D eigenvalue weighted by Gasteiger charge is 2.24.